The average Bonchev–Trinajstić information content (AvgIpc) is 2.62. The summed E-state index contributed by atoms with van der Waals surface area (Å²) in [4.78, 5) is 24.3. The number of benzene rings is 2. The average molecular weight is 385 g/mol. The van der Waals surface area contributed by atoms with Crippen molar-refractivity contribution in [3.8, 4) is 5.75 Å². The van der Waals surface area contributed by atoms with Crippen molar-refractivity contribution in [3.63, 3.8) is 0 Å². The highest BCUT2D eigenvalue weighted by molar-refractivity contribution is 7.80. The second-order valence-electron chi connectivity index (χ2n) is 6.07. The maximum absolute atomic E-state index is 12.3. The molecule has 0 unspecified atom stereocenters. The SMILES string of the molecule is CCOc1ccc(C(=O)NC(=S)Nc2cccc(C(=O)NC(C)C)c2)cc1. The molecule has 0 aliphatic rings. The fourth-order valence-corrected chi connectivity index (χ4v) is 2.50. The van der Waals surface area contributed by atoms with Gasteiger partial charge < -0.3 is 15.4 Å². The molecule has 0 saturated carbocycles. The number of carbonyl (C=O) groups excluding carboxylic acids is 2. The molecule has 0 aliphatic carbocycles. The van der Waals surface area contributed by atoms with E-state index in [4.69, 9.17) is 17.0 Å². The highest BCUT2D eigenvalue weighted by atomic mass is 32.1. The van der Waals surface area contributed by atoms with Crippen molar-refractivity contribution in [2.75, 3.05) is 11.9 Å². The summed E-state index contributed by atoms with van der Waals surface area (Å²) in [5.41, 5.74) is 1.59. The van der Waals surface area contributed by atoms with E-state index in [-0.39, 0.29) is 23.0 Å². The summed E-state index contributed by atoms with van der Waals surface area (Å²) >= 11 is 5.19. The zero-order chi connectivity index (χ0) is 19.8. The molecule has 0 atom stereocenters. The Labute approximate surface area is 164 Å². The Bertz CT molecular complexity index is 819. The molecule has 27 heavy (non-hydrogen) atoms. The Morgan fingerprint density at radius 3 is 2.37 bits per heavy atom. The first-order valence-electron chi connectivity index (χ1n) is 8.65. The maximum atomic E-state index is 12.3. The van der Waals surface area contributed by atoms with Gasteiger partial charge in [-0.3, -0.25) is 14.9 Å². The van der Waals surface area contributed by atoms with Crippen LogP contribution in [0.3, 0.4) is 0 Å². The molecule has 2 aromatic carbocycles. The van der Waals surface area contributed by atoms with Gasteiger partial charge in [0, 0.05) is 22.9 Å². The summed E-state index contributed by atoms with van der Waals surface area (Å²) in [6.07, 6.45) is 0. The molecule has 2 rings (SSSR count). The lowest BCUT2D eigenvalue weighted by Crippen LogP contribution is -2.34. The molecule has 6 nitrogen and oxygen atoms in total. The van der Waals surface area contributed by atoms with Gasteiger partial charge in [0.05, 0.1) is 6.61 Å². The molecule has 0 saturated heterocycles. The lowest BCUT2D eigenvalue weighted by Gasteiger charge is -2.12. The summed E-state index contributed by atoms with van der Waals surface area (Å²) in [7, 11) is 0. The number of amides is 2. The van der Waals surface area contributed by atoms with Gasteiger partial charge in [-0.2, -0.15) is 0 Å². The van der Waals surface area contributed by atoms with Crippen molar-refractivity contribution >= 4 is 34.8 Å². The molecule has 0 aromatic heterocycles. The zero-order valence-electron chi connectivity index (χ0n) is 15.5. The minimum absolute atomic E-state index is 0.0450. The number of anilines is 1. The van der Waals surface area contributed by atoms with Gasteiger partial charge in [-0.05, 0) is 75.5 Å². The minimum atomic E-state index is -0.329. The molecule has 0 heterocycles. The molecule has 0 fully saturated rings. The third kappa shape index (κ3) is 6.38. The van der Waals surface area contributed by atoms with Gasteiger partial charge >= 0.3 is 0 Å². The molecule has 3 N–H and O–H groups in total. The van der Waals surface area contributed by atoms with Crippen LogP contribution in [0.15, 0.2) is 48.5 Å². The van der Waals surface area contributed by atoms with E-state index in [0.717, 1.165) is 0 Å². The van der Waals surface area contributed by atoms with Crippen LogP contribution in [0.1, 0.15) is 41.5 Å². The quantitative estimate of drug-likeness (QED) is 0.665. The fraction of sp³-hybridized carbons (Fsp3) is 0.250. The van der Waals surface area contributed by atoms with Gasteiger partial charge in [-0.15, -0.1) is 0 Å². The Morgan fingerprint density at radius 1 is 1.04 bits per heavy atom. The predicted octanol–water partition coefficient (Wildman–Crippen LogP) is 3.35. The van der Waals surface area contributed by atoms with E-state index >= 15 is 0 Å². The Kier molecular flexibility index (Phi) is 7.31. The van der Waals surface area contributed by atoms with Crippen LogP contribution >= 0.6 is 12.2 Å². The summed E-state index contributed by atoms with van der Waals surface area (Å²) < 4.78 is 5.35. The number of rotatable bonds is 6. The third-order valence-corrected chi connectivity index (χ3v) is 3.66. The van der Waals surface area contributed by atoms with E-state index in [0.29, 0.717) is 29.2 Å². The summed E-state index contributed by atoms with van der Waals surface area (Å²) in [6, 6.07) is 13.7. The van der Waals surface area contributed by atoms with Crippen LogP contribution in [0.5, 0.6) is 5.75 Å². The smallest absolute Gasteiger partial charge is 0.257 e. The molecule has 2 aromatic rings. The van der Waals surface area contributed by atoms with Gasteiger partial charge in [0.25, 0.3) is 11.8 Å². The molecule has 0 radical (unpaired) electrons. The van der Waals surface area contributed by atoms with Crippen LogP contribution in [0.4, 0.5) is 5.69 Å². The molecule has 7 heteroatoms. The van der Waals surface area contributed by atoms with Crippen LogP contribution < -0.4 is 20.7 Å². The second-order valence-corrected chi connectivity index (χ2v) is 6.48. The topological polar surface area (TPSA) is 79.5 Å². The Balaban J connectivity index is 1.96. The van der Waals surface area contributed by atoms with Crippen molar-refractivity contribution in [2.24, 2.45) is 0 Å². The van der Waals surface area contributed by atoms with Crippen molar-refractivity contribution in [3.05, 3.63) is 59.7 Å². The van der Waals surface area contributed by atoms with E-state index < -0.39 is 0 Å². The van der Waals surface area contributed by atoms with E-state index in [1.54, 1.807) is 48.5 Å². The molecular formula is C20H23N3O3S. The lowest BCUT2D eigenvalue weighted by molar-refractivity contribution is 0.0941. The second kappa shape index (κ2) is 9.68. The molecule has 0 spiro atoms. The molecule has 0 aliphatic heterocycles. The minimum Gasteiger partial charge on any atom is -0.494 e. The summed E-state index contributed by atoms with van der Waals surface area (Å²) in [5, 5.41) is 8.51. The summed E-state index contributed by atoms with van der Waals surface area (Å²) in [5.74, 6) is 0.202. The van der Waals surface area contributed by atoms with Crippen LogP contribution in [0.25, 0.3) is 0 Å². The summed E-state index contributed by atoms with van der Waals surface area (Å²) in [6.45, 7) is 6.25. The molecule has 0 bridgehead atoms. The standard InChI is InChI=1S/C20H23N3O3S/c1-4-26-17-10-8-14(9-11-17)18(24)23-20(27)22-16-7-5-6-15(12-16)19(25)21-13(2)3/h5-13H,4H2,1-3H3,(H,21,25)(H2,22,23,24,27). The number of hydrogen-bond donors (Lipinski definition) is 3. The van der Waals surface area contributed by atoms with Crippen molar-refractivity contribution < 1.29 is 14.3 Å². The highest BCUT2D eigenvalue weighted by Crippen LogP contribution is 2.13. The number of nitrogens with one attached hydrogen (secondary N) is 3. The zero-order valence-corrected chi connectivity index (χ0v) is 16.4. The van der Waals surface area contributed by atoms with Crippen molar-refractivity contribution in [1.82, 2.24) is 10.6 Å². The van der Waals surface area contributed by atoms with Gasteiger partial charge in [0.15, 0.2) is 5.11 Å². The predicted molar refractivity (Wildman–Crippen MR) is 110 cm³/mol. The van der Waals surface area contributed by atoms with Crippen molar-refractivity contribution in [1.29, 1.82) is 0 Å². The largest absolute Gasteiger partial charge is 0.494 e. The fourth-order valence-electron chi connectivity index (χ4n) is 2.29. The Morgan fingerprint density at radius 2 is 1.74 bits per heavy atom. The van der Waals surface area contributed by atoms with Gasteiger partial charge in [-0.25, -0.2) is 0 Å². The third-order valence-electron chi connectivity index (χ3n) is 3.46. The van der Waals surface area contributed by atoms with Crippen LogP contribution in [0.2, 0.25) is 0 Å². The van der Waals surface area contributed by atoms with Gasteiger partial charge in [0.1, 0.15) is 5.75 Å². The normalized spacial score (nSPS) is 10.2. The highest BCUT2D eigenvalue weighted by Gasteiger charge is 2.10. The monoisotopic (exact) mass is 385 g/mol. The lowest BCUT2D eigenvalue weighted by atomic mass is 10.2. The van der Waals surface area contributed by atoms with Crippen molar-refractivity contribution in [2.45, 2.75) is 26.8 Å². The van der Waals surface area contributed by atoms with Gasteiger partial charge in [-0.1, -0.05) is 6.07 Å². The van der Waals surface area contributed by atoms with E-state index in [1.807, 2.05) is 20.8 Å². The van der Waals surface area contributed by atoms with Crippen LogP contribution in [0, 0.1) is 0 Å². The molecular weight excluding hydrogens is 362 g/mol. The Hall–Kier alpha value is -2.93. The number of hydrogen-bond acceptors (Lipinski definition) is 4. The molecule has 142 valence electrons. The maximum Gasteiger partial charge on any atom is 0.257 e. The van der Waals surface area contributed by atoms with E-state index in [2.05, 4.69) is 16.0 Å². The number of ether oxygens (including phenoxy) is 1. The number of thiocarbonyl (C=S) groups is 1. The first-order valence-corrected chi connectivity index (χ1v) is 9.06. The van der Waals surface area contributed by atoms with Crippen LogP contribution in [-0.2, 0) is 0 Å². The first-order chi connectivity index (χ1) is 12.9. The van der Waals surface area contributed by atoms with E-state index in [9.17, 15) is 9.59 Å². The molecule has 2 amide bonds. The van der Waals surface area contributed by atoms with Gasteiger partial charge in [0.2, 0.25) is 0 Å². The van der Waals surface area contributed by atoms with Crippen LogP contribution in [-0.4, -0.2) is 29.6 Å². The first kappa shape index (κ1) is 20.4. The number of carbonyl (C=O) groups is 2. The van der Waals surface area contributed by atoms with E-state index in [1.165, 1.54) is 0 Å².